The molecule has 1 heterocycles. The number of ether oxygens (including phenoxy) is 1. The third-order valence-electron chi connectivity index (χ3n) is 4.41. The molecule has 4 nitrogen and oxygen atoms in total. The SMILES string of the molecule is COc1cccc(CC(=O)N2CC(O)CC2c2cc(F)ccc2F)c1. The van der Waals surface area contributed by atoms with Crippen LogP contribution in [0.1, 0.15) is 23.6 Å². The summed E-state index contributed by atoms with van der Waals surface area (Å²) in [5.41, 5.74) is 0.847. The molecule has 0 saturated carbocycles. The second-order valence-corrected chi connectivity index (χ2v) is 6.15. The van der Waals surface area contributed by atoms with Crippen molar-refractivity contribution < 1.29 is 23.4 Å². The van der Waals surface area contributed by atoms with Crippen LogP contribution >= 0.6 is 0 Å². The van der Waals surface area contributed by atoms with Gasteiger partial charge in [0.1, 0.15) is 17.4 Å². The lowest BCUT2D eigenvalue weighted by Gasteiger charge is -2.25. The van der Waals surface area contributed by atoms with Gasteiger partial charge in [-0.25, -0.2) is 8.78 Å². The van der Waals surface area contributed by atoms with Gasteiger partial charge in [0.25, 0.3) is 0 Å². The molecule has 1 amide bonds. The molecule has 1 fully saturated rings. The van der Waals surface area contributed by atoms with Crippen LogP contribution in [0.15, 0.2) is 42.5 Å². The molecule has 2 unspecified atom stereocenters. The molecule has 0 aromatic heterocycles. The smallest absolute Gasteiger partial charge is 0.227 e. The van der Waals surface area contributed by atoms with Crippen molar-refractivity contribution in [1.29, 1.82) is 0 Å². The Bertz CT molecular complexity index is 781. The van der Waals surface area contributed by atoms with Crippen LogP contribution in [0.25, 0.3) is 0 Å². The van der Waals surface area contributed by atoms with Crippen molar-refractivity contribution in [2.24, 2.45) is 0 Å². The molecule has 1 N–H and O–H groups in total. The number of β-amino-alcohol motifs (C(OH)–C–C–N with tert-alkyl or cyclic N) is 1. The first-order valence-corrected chi connectivity index (χ1v) is 8.03. The summed E-state index contributed by atoms with van der Waals surface area (Å²) >= 11 is 0. The first-order valence-electron chi connectivity index (χ1n) is 8.03. The van der Waals surface area contributed by atoms with Crippen LogP contribution in [0.5, 0.6) is 5.75 Å². The van der Waals surface area contributed by atoms with Gasteiger partial charge < -0.3 is 14.7 Å². The summed E-state index contributed by atoms with van der Waals surface area (Å²) in [4.78, 5) is 14.1. The zero-order valence-electron chi connectivity index (χ0n) is 13.8. The van der Waals surface area contributed by atoms with Crippen LogP contribution in [-0.2, 0) is 11.2 Å². The van der Waals surface area contributed by atoms with Crippen LogP contribution in [0.2, 0.25) is 0 Å². The van der Waals surface area contributed by atoms with Gasteiger partial charge in [-0.1, -0.05) is 12.1 Å². The molecule has 1 aliphatic heterocycles. The third-order valence-corrected chi connectivity index (χ3v) is 4.41. The second-order valence-electron chi connectivity index (χ2n) is 6.15. The number of carbonyl (C=O) groups is 1. The zero-order chi connectivity index (χ0) is 18.0. The highest BCUT2D eigenvalue weighted by Gasteiger charge is 2.36. The molecule has 0 bridgehead atoms. The van der Waals surface area contributed by atoms with Crippen LogP contribution in [0, 0.1) is 11.6 Å². The van der Waals surface area contributed by atoms with Gasteiger partial charge in [0.05, 0.1) is 25.7 Å². The molecule has 1 aliphatic rings. The van der Waals surface area contributed by atoms with E-state index < -0.39 is 23.8 Å². The molecule has 2 aromatic rings. The van der Waals surface area contributed by atoms with Crippen molar-refractivity contribution in [3.8, 4) is 5.75 Å². The van der Waals surface area contributed by atoms with E-state index in [9.17, 15) is 18.7 Å². The number of rotatable bonds is 4. The van der Waals surface area contributed by atoms with E-state index in [-0.39, 0.29) is 30.9 Å². The number of halogens is 2. The highest BCUT2D eigenvalue weighted by Crippen LogP contribution is 2.34. The molecule has 25 heavy (non-hydrogen) atoms. The number of aliphatic hydroxyl groups excluding tert-OH is 1. The lowest BCUT2D eigenvalue weighted by Crippen LogP contribution is -2.33. The fourth-order valence-electron chi connectivity index (χ4n) is 3.21. The Balaban J connectivity index is 1.83. The van der Waals surface area contributed by atoms with Crippen molar-refractivity contribution in [2.75, 3.05) is 13.7 Å². The van der Waals surface area contributed by atoms with Crippen molar-refractivity contribution >= 4 is 5.91 Å². The number of hydrogen-bond acceptors (Lipinski definition) is 3. The molecule has 6 heteroatoms. The highest BCUT2D eigenvalue weighted by molar-refractivity contribution is 5.79. The first-order chi connectivity index (χ1) is 12.0. The summed E-state index contributed by atoms with van der Waals surface area (Å²) in [6, 6.07) is 9.59. The number of nitrogens with zero attached hydrogens (tertiary/aromatic N) is 1. The van der Waals surface area contributed by atoms with Crippen molar-refractivity contribution in [2.45, 2.75) is 25.0 Å². The minimum Gasteiger partial charge on any atom is -0.497 e. The molecule has 1 saturated heterocycles. The van der Waals surface area contributed by atoms with Crippen LogP contribution in [0.3, 0.4) is 0 Å². The standard InChI is InChI=1S/C19H19F2NO3/c1-25-15-4-2-3-12(7-15)8-19(24)22-11-14(23)10-18(22)16-9-13(20)5-6-17(16)21/h2-7,9,14,18,23H,8,10-11H2,1H3. The van der Waals surface area contributed by atoms with Gasteiger partial charge in [0.2, 0.25) is 5.91 Å². The van der Waals surface area contributed by atoms with Gasteiger partial charge in [-0.05, 0) is 42.3 Å². The van der Waals surface area contributed by atoms with E-state index in [1.165, 1.54) is 4.90 Å². The molecule has 132 valence electrons. The summed E-state index contributed by atoms with van der Waals surface area (Å²) in [7, 11) is 1.54. The fourth-order valence-corrected chi connectivity index (χ4v) is 3.21. The molecule has 2 aromatic carbocycles. The van der Waals surface area contributed by atoms with E-state index in [0.29, 0.717) is 5.75 Å². The zero-order valence-corrected chi connectivity index (χ0v) is 13.8. The molecule has 3 rings (SSSR count). The fraction of sp³-hybridized carbons (Fsp3) is 0.316. The predicted octanol–water partition coefficient (Wildman–Crippen LogP) is 2.85. The lowest BCUT2D eigenvalue weighted by molar-refractivity contribution is -0.131. The maximum atomic E-state index is 14.1. The number of amides is 1. The van der Waals surface area contributed by atoms with E-state index in [1.54, 1.807) is 31.4 Å². The number of hydrogen-bond donors (Lipinski definition) is 1. The minimum atomic E-state index is -0.762. The van der Waals surface area contributed by atoms with E-state index in [2.05, 4.69) is 0 Å². The number of likely N-dealkylation sites (tertiary alicyclic amines) is 1. The summed E-state index contributed by atoms with van der Waals surface area (Å²) in [5.74, 6) is -0.768. The topological polar surface area (TPSA) is 49.8 Å². The minimum absolute atomic E-state index is 0.0931. The number of benzene rings is 2. The molecule has 0 radical (unpaired) electrons. The Morgan fingerprint density at radius 2 is 2.08 bits per heavy atom. The Morgan fingerprint density at radius 3 is 2.84 bits per heavy atom. The largest absolute Gasteiger partial charge is 0.497 e. The van der Waals surface area contributed by atoms with E-state index in [0.717, 1.165) is 23.8 Å². The van der Waals surface area contributed by atoms with Gasteiger partial charge in [0, 0.05) is 12.1 Å². The molecule has 0 aliphatic carbocycles. The van der Waals surface area contributed by atoms with Gasteiger partial charge in [0.15, 0.2) is 0 Å². The van der Waals surface area contributed by atoms with Crippen molar-refractivity contribution in [3.05, 3.63) is 65.2 Å². The molecule has 2 atom stereocenters. The number of aliphatic hydroxyl groups is 1. The van der Waals surface area contributed by atoms with Gasteiger partial charge in [-0.15, -0.1) is 0 Å². The summed E-state index contributed by atoms with van der Waals surface area (Å²) in [5, 5.41) is 9.96. The van der Waals surface area contributed by atoms with Gasteiger partial charge >= 0.3 is 0 Å². The maximum absolute atomic E-state index is 14.1. The predicted molar refractivity (Wildman–Crippen MR) is 88.1 cm³/mol. The summed E-state index contributed by atoms with van der Waals surface area (Å²) in [6.45, 7) is 0.101. The van der Waals surface area contributed by atoms with E-state index >= 15 is 0 Å². The Kier molecular flexibility index (Phi) is 4.99. The highest BCUT2D eigenvalue weighted by atomic mass is 19.1. The molecule has 0 spiro atoms. The molecular weight excluding hydrogens is 328 g/mol. The van der Waals surface area contributed by atoms with Crippen molar-refractivity contribution in [1.82, 2.24) is 4.90 Å². The quantitative estimate of drug-likeness (QED) is 0.925. The normalized spacial score (nSPS) is 19.9. The van der Waals surface area contributed by atoms with Crippen LogP contribution in [-0.4, -0.2) is 35.7 Å². The van der Waals surface area contributed by atoms with E-state index in [4.69, 9.17) is 4.74 Å². The molecular formula is C19H19F2NO3. The third kappa shape index (κ3) is 3.79. The average molecular weight is 347 g/mol. The maximum Gasteiger partial charge on any atom is 0.227 e. The number of methoxy groups -OCH3 is 1. The van der Waals surface area contributed by atoms with Crippen LogP contribution < -0.4 is 4.74 Å². The van der Waals surface area contributed by atoms with Crippen LogP contribution in [0.4, 0.5) is 8.78 Å². The van der Waals surface area contributed by atoms with Gasteiger partial charge in [-0.3, -0.25) is 4.79 Å². The number of carbonyl (C=O) groups excluding carboxylic acids is 1. The monoisotopic (exact) mass is 347 g/mol. The van der Waals surface area contributed by atoms with Gasteiger partial charge in [-0.2, -0.15) is 0 Å². The van der Waals surface area contributed by atoms with E-state index in [1.807, 2.05) is 0 Å². The average Bonchev–Trinajstić information content (AvgIpc) is 2.99. The summed E-state index contributed by atoms with van der Waals surface area (Å²) < 4.78 is 32.8. The Morgan fingerprint density at radius 1 is 1.28 bits per heavy atom. The second kappa shape index (κ2) is 7.19. The Hall–Kier alpha value is -2.47. The summed E-state index contributed by atoms with van der Waals surface area (Å²) in [6.07, 6.45) is -0.483. The lowest BCUT2D eigenvalue weighted by atomic mass is 10.0. The Labute approximate surface area is 144 Å². The first kappa shape index (κ1) is 17.4. The van der Waals surface area contributed by atoms with Crippen molar-refractivity contribution in [3.63, 3.8) is 0 Å².